The lowest BCUT2D eigenvalue weighted by molar-refractivity contribution is 0.264. The fourth-order valence-electron chi connectivity index (χ4n) is 4.95. The quantitative estimate of drug-likeness (QED) is 0.544. The van der Waals surface area contributed by atoms with Crippen LogP contribution in [-0.4, -0.2) is 26.8 Å². The molecule has 0 bridgehead atoms. The van der Waals surface area contributed by atoms with E-state index in [1.54, 1.807) is 4.68 Å². The van der Waals surface area contributed by atoms with Crippen LogP contribution in [0.25, 0.3) is 33.0 Å². The van der Waals surface area contributed by atoms with Crippen LogP contribution in [0.2, 0.25) is 0 Å². The Labute approximate surface area is 173 Å². The van der Waals surface area contributed by atoms with Crippen molar-refractivity contribution in [3.8, 4) is 11.1 Å². The van der Waals surface area contributed by atoms with E-state index in [0.29, 0.717) is 5.89 Å². The molecule has 0 radical (unpaired) electrons. The highest BCUT2D eigenvalue weighted by Gasteiger charge is 2.46. The second-order valence-electron chi connectivity index (χ2n) is 8.92. The zero-order valence-electron chi connectivity index (χ0n) is 17.2. The van der Waals surface area contributed by atoms with Crippen LogP contribution in [0.4, 0.5) is 0 Å². The maximum Gasteiger partial charge on any atom is 0.274 e. The fourth-order valence-corrected chi connectivity index (χ4v) is 4.95. The van der Waals surface area contributed by atoms with Gasteiger partial charge in [-0.3, -0.25) is 4.79 Å². The molecule has 1 saturated carbocycles. The van der Waals surface area contributed by atoms with E-state index in [1.807, 2.05) is 44.3 Å². The molecule has 2 aromatic heterocycles. The number of fused-ring (bicyclic) bond motifs is 2. The fraction of sp³-hybridized carbons (Fsp3) is 0.375. The lowest BCUT2D eigenvalue weighted by atomic mass is 9.97. The number of benzene rings is 2. The minimum Gasteiger partial charge on any atom is -0.441 e. The summed E-state index contributed by atoms with van der Waals surface area (Å²) in [5.41, 5.74) is 5.13. The number of aryl methyl sites for hydroxylation is 2. The van der Waals surface area contributed by atoms with Crippen LogP contribution < -0.4 is 10.9 Å². The average Bonchev–Trinajstić information content (AvgIpc) is 3.35. The second-order valence-corrected chi connectivity index (χ2v) is 8.92. The summed E-state index contributed by atoms with van der Waals surface area (Å²) in [5.74, 6) is 0.666. The summed E-state index contributed by atoms with van der Waals surface area (Å²) in [6, 6.07) is 10.3. The average molecular weight is 400 g/mol. The topological polar surface area (TPSA) is 73.0 Å². The Kier molecular flexibility index (Phi) is 3.72. The first-order valence-electron chi connectivity index (χ1n) is 10.7. The van der Waals surface area contributed by atoms with E-state index >= 15 is 0 Å². The van der Waals surface area contributed by atoms with E-state index in [4.69, 9.17) is 4.42 Å². The molecule has 3 heterocycles. The first kappa shape index (κ1) is 17.8. The molecule has 1 spiro atoms. The van der Waals surface area contributed by atoms with E-state index in [9.17, 15) is 4.79 Å². The van der Waals surface area contributed by atoms with Crippen molar-refractivity contribution in [3.63, 3.8) is 0 Å². The zero-order valence-corrected chi connectivity index (χ0v) is 17.2. The smallest absolute Gasteiger partial charge is 0.274 e. The predicted octanol–water partition coefficient (Wildman–Crippen LogP) is 4.28. The minimum atomic E-state index is 0.0132. The van der Waals surface area contributed by atoms with Crippen molar-refractivity contribution in [1.29, 1.82) is 0 Å². The summed E-state index contributed by atoms with van der Waals surface area (Å²) < 4.78 is 7.46. The van der Waals surface area contributed by atoms with Gasteiger partial charge < -0.3 is 9.73 Å². The molecule has 1 aliphatic carbocycles. The third-order valence-corrected chi connectivity index (χ3v) is 6.74. The van der Waals surface area contributed by atoms with Crippen LogP contribution in [0, 0.1) is 13.8 Å². The Hall–Kier alpha value is -2.99. The van der Waals surface area contributed by atoms with Gasteiger partial charge in [0.2, 0.25) is 0 Å². The van der Waals surface area contributed by atoms with Gasteiger partial charge in [0.15, 0.2) is 11.5 Å². The largest absolute Gasteiger partial charge is 0.441 e. The van der Waals surface area contributed by atoms with Crippen molar-refractivity contribution in [2.24, 2.45) is 0 Å². The Balaban J connectivity index is 1.41. The summed E-state index contributed by atoms with van der Waals surface area (Å²) in [6.45, 7) is 4.86. The third kappa shape index (κ3) is 2.78. The number of oxazole rings is 1. The van der Waals surface area contributed by atoms with Crippen LogP contribution in [0.3, 0.4) is 0 Å². The number of hydrogen-bond donors (Lipinski definition) is 1. The van der Waals surface area contributed by atoms with Gasteiger partial charge in [-0.2, -0.15) is 5.10 Å². The number of nitrogens with one attached hydrogen (secondary N) is 1. The SMILES string of the molecule is Cc1nc2c(C)cc(-c3ccc4c(=O)n(C5CCNC6(CC6)C5)ncc4c3)cc2o1. The first-order chi connectivity index (χ1) is 14.5. The highest BCUT2D eigenvalue weighted by molar-refractivity contribution is 5.89. The van der Waals surface area contributed by atoms with Crippen molar-refractivity contribution in [1.82, 2.24) is 20.1 Å². The lowest BCUT2D eigenvalue weighted by Crippen LogP contribution is -2.43. The second kappa shape index (κ2) is 6.25. The molecule has 1 N–H and O–H groups in total. The van der Waals surface area contributed by atoms with Gasteiger partial charge in [-0.05, 0) is 80.1 Å². The molecule has 1 aliphatic heterocycles. The molecule has 6 nitrogen and oxygen atoms in total. The van der Waals surface area contributed by atoms with Crippen LogP contribution >= 0.6 is 0 Å². The number of piperidine rings is 1. The van der Waals surface area contributed by atoms with Gasteiger partial charge >= 0.3 is 0 Å². The predicted molar refractivity (Wildman–Crippen MR) is 117 cm³/mol. The Bertz CT molecular complexity index is 1360. The van der Waals surface area contributed by atoms with Gasteiger partial charge in [0.25, 0.3) is 5.56 Å². The third-order valence-electron chi connectivity index (χ3n) is 6.74. The van der Waals surface area contributed by atoms with E-state index < -0.39 is 0 Å². The maximum atomic E-state index is 13.2. The molecule has 152 valence electrons. The highest BCUT2D eigenvalue weighted by atomic mass is 16.3. The van der Waals surface area contributed by atoms with Gasteiger partial charge in [0, 0.05) is 17.8 Å². The minimum absolute atomic E-state index is 0.0132. The molecule has 2 aliphatic rings. The van der Waals surface area contributed by atoms with Gasteiger partial charge in [0.1, 0.15) is 5.52 Å². The lowest BCUT2D eigenvalue weighted by Gasteiger charge is -2.30. The van der Waals surface area contributed by atoms with Crippen molar-refractivity contribution in [2.45, 2.75) is 51.1 Å². The van der Waals surface area contributed by atoms with Crippen LogP contribution in [0.1, 0.15) is 43.2 Å². The monoisotopic (exact) mass is 400 g/mol. The Morgan fingerprint density at radius 1 is 1.17 bits per heavy atom. The summed E-state index contributed by atoms with van der Waals surface area (Å²) in [6.07, 6.45) is 6.21. The van der Waals surface area contributed by atoms with Crippen LogP contribution in [-0.2, 0) is 0 Å². The molecule has 1 atom stereocenters. The standard InChI is InChI=1S/C24H24N4O2/c1-14-9-17(11-21-22(14)27-15(2)30-21)16-3-4-20-18(10-16)13-26-28(23(20)29)19-5-8-25-24(12-19)6-7-24/h3-4,9-11,13,19,25H,5-8,12H2,1-2H3. The molecule has 1 unspecified atom stereocenters. The molecule has 30 heavy (non-hydrogen) atoms. The number of rotatable bonds is 2. The molecular weight excluding hydrogens is 376 g/mol. The number of nitrogens with zero attached hydrogens (tertiary/aromatic N) is 3. The van der Waals surface area contributed by atoms with Crippen LogP contribution in [0.5, 0.6) is 0 Å². The van der Waals surface area contributed by atoms with Gasteiger partial charge in [0.05, 0.1) is 17.6 Å². The highest BCUT2D eigenvalue weighted by Crippen LogP contribution is 2.45. The Morgan fingerprint density at radius 3 is 2.87 bits per heavy atom. The summed E-state index contributed by atoms with van der Waals surface area (Å²) in [4.78, 5) is 17.6. The molecule has 2 aromatic carbocycles. The number of hydrogen-bond acceptors (Lipinski definition) is 5. The molecule has 4 aromatic rings. The van der Waals surface area contributed by atoms with E-state index in [1.165, 1.54) is 12.8 Å². The van der Waals surface area contributed by atoms with Crippen molar-refractivity contribution >= 4 is 21.9 Å². The van der Waals surface area contributed by atoms with Gasteiger partial charge in [-0.15, -0.1) is 0 Å². The summed E-state index contributed by atoms with van der Waals surface area (Å²) in [5, 5.41) is 9.79. The maximum absolute atomic E-state index is 13.2. The van der Waals surface area contributed by atoms with Crippen molar-refractivity contribution in [3.05, 3.63) is 58.3 Å². The molecule has 2 fully saturated rings. The molecule has 6 heteroatoms. The van der Waals surface area contributed by atoms with Gasteiger partial charge in [-0.25, -0.2) is 9.67 Å². The van der Waals surface area contributed by atoms with Crippen LogP contribution in [0.15, 0.2) is 45.7 Å². The van der Waals surface area contributed by atoms with E-state index in [0.717, 1.165) is 57.9 Å². The summed E-state index contributed by atoms with van der Waals surface area (Å²) >= 11 is 0. The first-order valence-corrected chi connectivity index (χ1v) is 10.7. The van der Waals surface area contributed by atoms with Crippen molar-refractivity contribution in [2.75, 3.05) is 6.54 Å². The normalized spacial score (nSPS) is 20.3. The molecular formula is C24H24N4O2. The van der Waals surface area contributed by atoms with E-state index in [-0.39, 0.29) is 17.1 Å². The Morgan fingerprint density at radius 2 is 2.03 bits per heavy atom. The van der Waals surface area contributed by atoms with Crippen molar-refractivity contribution < 1.29 is 4.42 Å². The molecule has 0 amide bonds. The zero-order chi connectivity index (χ0) is 20.5. The van der Waals surface area contributed by atoms with Gasteiger partial charge in [-0.1, -0.05) is 6.07 Å². The number of aromatic nitrogens is 3. The molecule has 1 saturated heterocycles. The molecule has 6 rings (SSSR count). The van der Waals surface area contributed by atoms with E-state index in [2.05, 4.69) is 21.5 Å². The summed E-state index contributed by atoms with van der Waals surface area (Å²) in [7, 11) is 0.